The van der Waals surface area contributed by atoms with Crippen LogP contribution < -0.4 is 5.32 Å². The number of hydrogen-bond acceptors (Lipinski definition) is 7. The minimum Gasteiger partial charge on any atom is -0.459 e. The topological polar surface area (TPSA) is 105 Å². The van der Waals surface area contributed by atoms with Crippen molar-refractivity contribution in [3.05, 3.63) is 11.9 Å². The summed E-state index contributed by atoms with van der Waals surface area (Å²) in [5.74, 6) is -0.708. The summed E-state index contributed by atoms with van der Waals surface area (Å²) in [6.07, 6.45) is 11.2. The SMILES string of the molecule is CCCCCCCCCn1cc(COC(=O)CCC(C)C(=O)NCCOCCOC)nn1. The van der Waals surface area contributed by atoms with Gasteiger partial charge in [0, 0.05) is 32.5 Å². The number of nitrogens with zero attached hydrogens (tertiary/aromatic N) is 3. The molecular formula is C23H42N4O5. The number of methoxy groups -OCH3 is 1. The molecule has 0 saturated carbocycles. The third kappa shape index (κ3) is 14.1. The Morgan fingerprint density at radius 3 is 2.59 bits per heavy atom. The fourth-order valence-electron chi connectivity index (χ4n) is 3.10. The van der Waals surface area contributed by atoms with Crippen molar-refractivity contribution in [2.45, 2.75) is 84.8 Å². The van der Waals surface area contributed by atoms with E-state index in [4.69, 9.17) is 14.2 Å². The number of aryl methyl sites for hydroxylation is 1. The first kappa shape index (κ1) is 28.0. The van der Waals surface area contributed by atoms with Crippen molar-refractivity contribution in [2.75, 3.05) is 33.5 Å². The second kappa shape index (κ2) is 18.6. The molecule has 1 heterocycles. The van der Waals surface area contributed by atoms with Gasteiger partial charge in [-0.25, -0.2) is 0 Å². The van der Waals surface area contributed by atoms with Crippen molar-refractivity contribution in [1.29, 1.82) is 0 Å². The lowest BCUT2D eigenvalue weighted by Crippen LogP contribution is -2.32. The predicted molar refractivity (Wildman–Crippen MR) is 122 cm³/mol. The Morgan fingerprint density at radius 2 is 1.84 bits per heavy atom. The quantitative estimate of drug-likeness (QED) is 0.238. The van der Waals surface area contributed by atoms with Crippen LogP contribution in [0.2, 0.25) is 0 Å². The van der Waals surface area contributed by atoms with Crippen LogP contribution in [0.1, 0.15) is 77.3 Å². The van der Waals surface area contributed by atoms with Gasteiger partial charge >= 0.3 is 5.97 Å². The molecule has 184 valence electrons. The zero-order valence-electron chi connectivity index (χ0n) is 20.1. The van der Waals surface area contributed by atoms with Gasteiger partial charge in [0.1, 0.15) is 12.3 Å². The number of hydrogen-bond donors (Lipinski definition) is 1. The molecule has 1 N–H and O–H groups in total. The third-order valence-corrected chi connectivity index (χ3v) is 5.16. The number of amides is 1. The summed E-state index contributed by atoms with van der Waals surface area (Å²) in [6.45, 7) is 6.86. The van der Waals surface area contributed by atoms with Gasteiger partial charge in [-0.15, -0.1) is 5.10 Å². The average molecular weight is 455 g/mol. The second-order valence-electron chi connectivity index (χ2n) is 8.09. The molecule has 0 aliphatic rings. The summed E-state index contributed by atoms with van der Waals surface area (Å²) in [5.41, 5.74) is 0.639. The van der Waals surface area contributed by atoms with Crippen LogP contribution in [0.5, 0.6) is 0 Å². The van der Waals surface area contributed by atoms with Crippen LogP contribution in [0.15, 0.2) is 6.20 Å². The number of unbranched alkanes of at least 4 members (excludes halogenated alkanes) is 6. The molecule has 1 unspecified atom stereocenters. The first-order chi connectivity index (χ1) is 15.6. The summed E-state index contributed by atoms with van der Waals surface area (Å²) in [5, 5.41) is 11.0. The van der Waals surface area contributed by atoms with Crippen molar-refractivity contribution in [3.8, 4) is 0 Å². The van der Waals surface area contributed by atoms with Gasteiger partial charge in [-0.05, 0) is 12.8 Å². The molecule has 1 rings (SSSR count). The highest BCUT2D eigenvalue weighted by Gasteiger charge is 2.15. The molecule has 0 aliphatic carbocycles. The Kier molecular flexibility index (Phi) is 16.3. The van der Waals surface area contributed by atoms with E-state index in [1.165, 1.54) is 38.5 Å². The van der Waals surface area contributed by atoms with Gasteiger partial charge in [0.05, 0.1) is 26.0 Å². The molecule has 32 heavy (non-hydrogen) atoms. The van der Waals surface area contributed by atoms with E-state index >= 15 is 0 Å². The van der Waals surface area contributed by atoms with E-state index in [2.05, 4.69) is 22.6 Å². The monoisotopic (exact) mass is 454 g/mol. The number of carbonyl (C=O) groups is 2. The molecule has 0 spiro atoms. The van der Waals surface area contributed by atoms with Crippen molar-refractivity contribution in [2.24, 2.45) is 5.92 Å². The molecule has 1 atom stereocenters. The van der Waals surface area contributed by atoms with E-state index in [9.17, 15) is 9.59 Å². The van der Waals surface area contributed by atoms with Gasteiger partial charge < -0.3 is 19.5 Å². The maximum atomic E-state index is 12.0. The zero-order chi connectivity index (χ0) is 23.4. The zero-order valence-corrected chi connectivity index (χ0v) is 20.1. The Morgan fingerprint density at radius 1 is 1.09 bits per heavy atom. The lowest BCUT2D eigenvalue weighted by molar-refractivity contribution is -0.145. The Hall–Kier alpha value is -2.00. The van der Waals surface area contributed by atoms with Gasteiger partial charge in [0.25, 0.3) is 0 Å². The summed E-state index contributed by atoms with van der Waals surface area (Å²) in [4.78, 5) is 24.0. The number of aromatic nitrogens is 3. The Labute approximate surface area is 192 Å². The second-order valence-corrected chi connectivity index (χ2v) is 8.09. The summed E-state index contributed by atoms with van der Waals surface area (Å²) >= 11 is 0. The highest BCUT2D eigenvalue weighted by Crippen LogP contribution is 2.09. The van der Waals surface area contributed by atoms with Gasteiger partial charge in [-0.2, -0.15) is 0 Å². The predicted octanol–water partition coefficient (Wildman–Crippen LogP) is 3.27. The summed E-state index contributed by atoms with van der Waals surface area (Å²) < 4.78 is 17.3. The van der Waals surface area contributed by atoms with Gasteiger partial charge in [0.2, 0.25) is 5.91 Å². The van der Waals surface area contributed by atoms with Gasteiger partial charge in [-0.1, -0.05) is 57.6 Å². The van der Waals surface area contributed by atoms with E-state index in [1.54, 1.807) is 18.7 Å². The minimum atomic E-state index is -0.339. The van der Waals surface area contributed by atoms with Crippen LogP contribution in [0.25, 0.3) is 0 Å². The van der Waals surface area contributed by atoms with E-state index in [-0.39, 0.29) is 30.8 Å². The molecular weight excluding hydrogens is 412 g/mol. The average Bonchev–Trinajstić information content (AvgIpc) is 3.25. The van der Waals surface area contributed by atoms with Crippen LogP contribution in [0, 0.1) is 5.92 Å². The Bertz CT molecular complexity index is 623. The molecule has 0 bridgehead atoms. The normalized spacial score (nSPS) is 12.0. The van der Waals surface area contributed by atoms with Gasteiger partial charge in [-0.3, -0.25) is 14.3 Å². The van der Waals surface area contributed by atoms with Crippen molar-refractivity contribution < 1.29 is 23.8 Å². The molecule has 0 saturated heterocycles. The highest BCUT2D eigenvalue weighted by molar-refractivity contribution is 5.79. The van der Waals surface area contributed by atoms with Crippen LogP contribution in [-0.2, 0) is 37.0 Å². The fraction of sp³-hybridized carbons (Fsp3) is 0.826. The van der Waals surface area contributed by atoms with E-state index in [1.807, 2.05) is 6.20 Å². The molecule has 9 heteroatoms. The molecule has 1 amide bonds. The lowest BCUT2D eigenvalue weighted by Gasteiger charge is -2.12. The number of rotatable bonds is 20. The smallest absolute Gasteiger partial charge is 0.306 e. The molecule has 0 fully saturated rings. The van der Waals surface area contributed by atoms with E-state index in [0.717, 1.165) is 13.0 Å². The van der Waals surface area contributed by atoms with Crippen LogP contribution >= 0.6 is 0 Å². The standard InChI is InChI=1S/C23H42N4O5/c1-4-5-6-7-8-9-10-14-27-18-21(25-26-27)19-32-22(28)12-11-20(2)23(29)24-13-15-31-17-16-30-3/h18,20H,4-17,19H2,1-3H3,(H,24,29). The molecule has 1 aromatic rings. The molecule has 0 radical (unpaired) electrons. The van der Waals surface area contributed by atoms with Crippen molar-refractivity contribution in [1.82, 2.24) is 20.3 Å². The third-order valence-electron chi connectivity index (χ3n) is 5.16. The fourth-order valence-corrected chi connectivity index (χ4v) is 3.10. The maximum absolute atomic E-state index is 12.0. The van der Waals surface area contributed by atoms with Crippen molar-refractivity contribution >= 4 is 11.9 Å². The number of ether oxygens (including phenoxy) is 3. The largest absolute Gasteiger partial charge is 0.459 e. The molecule has 0 aliphatic heterocycles. The van der Waals surface area contributed by atoms with E-state index < -0.39 is 0 Å². The summed E-state index contributed by atoms with van der Waals surface area (Å²) in [7, 11) is 1.61. The lowest BCUT2D eigenvalue weighted by atomic mass is 10.1. The first-order valence-corrected chi connectivity index (χ1v) is 12.0. The summed E-state index contributed by atoms with van der Waals surface area (Å²) in [6, 6.07) is 0. The van der Waals surface area contributed by atoms with Crippen LogP contribution in [0.3, 0.4) is 0 Å². The molecule has 1 aromatic heterocycles. The number of nitrogens with one attached hydrogen (secondary N) is 1. The molecule has 9 nitrogen and oxygen atoms in total. The van der Waals surface area contributed by atoms with Crippen LogP contribution in [-0.4, -0.2) is 60.3 Å². The number of carbonyl (C=O) groups excluding carboxylic acids is 2. The Balaban J connectivity index is 2.10. The molecule has 0 aromatic carbocycles. The van der Waals surface area contributed by atoms with Crippen LogP contribution in [0.4, 0.5) is 0 Å². The number of esters is 1. The maximum Gasteiger partial charge on any atom is 0.306 e. The highest BCUT2D eigenvalue weighted by atomic mass is 16.5. The van der Waals surface area contributed by atoms with Crippen molar-refractivity contribution in [3.63, 3.8) is 0 Å². The first-order valence-electron chi connectivity index (χ1n) is 12.0. The minimum absolute atomic E-state index is 0.0959. The van der Waals surface area contributed by atoms with E-state index in [0.29, 0.717) is 38.5 Å². The van der Waals surface area contributed by atoms with Gasteiger partial charge in [0.15, 0.2) is 0 Å².